The number of fused-ring (bicyclic) bond motifs is 1. The average Bonchev–Trinajstić information content (AvgIpc) is 3.27. The highest BCUT2D eigenvalue weighted by Crippen LogP contribution is 2.30. The van der Waals surface area contributed by atoms with E-state index in [4.69, 9.17) is 0 Å². The standard InChI is InChI=1S/C26H30F2N8O/c1-26(2,37)15-35-6-8-36(9-7-35)21-5-4-17(13-30-21)23-24-20(33-34-23)14-31-25(32-24)22-18(27)10-16(12-29-3)11-19(22)28/h4-5,10-11,13-14,29,37H,6-9,12,15H2,1-3H3,(H,33,34). The lowest BCUT2D eigenvalue weighted by Gasteiger charge is -2.37. The highest BCUT2D eigenvalue weighted by Gasteiger charge is 2.24. The van der Waals surface area contributed by atoms with Crippen LogP contribution in [0.3, 0.4) is 0 Å². The van der Waals surface area contributed by atoms with E-state index < -0.39 is 17.2 Å². The number of aromatic nitrogens is 5. The summed E-state index contributed by atoms with van der Waals surface area (Å²) in [5, 5.41) is 20.2. The number of pyridine rings is 1. The summed E-state index contributed by atoms with van der Waals surface area (Å²) in [6.07, 6.45) is 3.20. The zero-order valence-corrected chi connectivity index (χ0v) is 21.1. The van der Waals surface area contributed by atoms with Gasteiger partial charge >= 0.3 is 0 Å². The first-order valence-electron chi connectivity index (χ1n) is 12.2. The molecule has 1 saturated heterocycles. The number of aliphatic hydroxyl groups is 1. The van der Waals surface area contributed by atoms with Crippen molar-refractivity contribution in [3.63, 3.8) is 0 Å². The zero-order chi connectivity index (χ0) is 26.2. The molecule has 194 valence electrons. The second-order valence-electron chi connectivity index (χ2n) is 9.97. The van der Waals surface area contributed by atoms with E-state index in [1.807, 2.05) is 26.0 Å². The van der Waals surface area contributed by atoms with Crippen LogP contribution in [0.15, 0.2) is 36.7 Å². The third-order valence-electron chi connectivity index (χ3n) is 6.34. The second-order valence-corrected chi connectivity index (χ2v) is 9.97. The highest BCUT2D eigenvalue weighted by atomic mass is 19.1. The summed E-state index contributed by atoms with van der Waals surface area (Å²) in [5.74, 6) is -0.631. The maximum atomic E-state index is 14.8. The minimum atomic E-state index is -0.719. The molecule has 1 fully saturated rings. The van der Waals surface area contributed by atoms with Crippen LogP contribution in [0.4, 0.5) is 14.6 Å². The third-order valence-corrected chi connectivity index (χ3v) is 6.34. The largest absolute Gasteiger partial charge is 0.389 e. The van der Waals surface area contributed by atoms with Crippen LogP contribution in [-0.2, 0) is 6.54 Å². The minimum absolute atomic E-state index is 0.0466. The molecular weight excluding hydrogens is 478 g/mol. The van der Waals surface area contributed by atoms with Gasteiger partial charge in [0.2, 0.25) is 0 Å². The quantitative estimate of drug-likeness (QED) is 0.350. The van der Waals surface area contributed by atoms with Crippen LogP contribution in [0, 0.1) is 11.6 Å². The number of nitrogens with one attached hydrogen (secondary N) is 2. The van der Waals surface area contributed by atoms with Crippen LogP contribution < -0.4 is 10.2 Å². The fourth-order valence-electron chi connectivity index (χ4n) is 4.68. The van der Waals surface area contributed by atoms with Crippen LogP contribution in [-0.4, -0.2) is 80.5 Å². The van der Waals surface area contributed by atoms with Crippen molar-refractivity contribution >= 4 is 16.9 Å². The van der Waals surface area contributed by atoms with Crippen molar-refractivity contribution < 1.29 is 13.9 Å². The zero-order valence-electron chi connectivity index (χ0n) is 21.1. The number of hydrogen-bond acceptors (Lipinski definition) is 8. The summed E-state index contributed by atoms with van der Waals surface area (Å²) in [6.45, 7) is 7.94. The Morgan fingerprint density at radius 1 is 1.05 bits per heavy atom. The summed E-state index contributed by atoms with van der Waals surface area (Å²) < 4.78 is 29.6. The fraction of sp³-hybridized carbons (Fsp3) is 0.385. The van der Waals surface area contributed by atoms with Gasteiger partial charge in [0.25, 0.3) is 0 Å². The monoisotopic (exact) mass is 508 g/mol. The third kappa shape index (κ3) is 5.43. The summed E-state index contributed by atoms with van der Waals surface area (Å²) >= 11 is 0. The predicted octanol–water partition coefficient (Wildman–Crippen LogP) is 2.97. The molecule has 4 aromatic rings. The van der Waals surface area contributed by atoms with Crippen LogP contribution in [0.1, 0.15) is 19.4 Å². The lowest BCUT2D eigenvalue weighted by atomic mass is 10.1. The maximum absolute atomic E-state index is 14.8. The normalized spacial score (nSPS) is 15.0. The number of H-pyrrole nitrogens is 1. The van der Waals surface area contributed by atoms with E-state index in [2.05, 4.69) is 40.3 Å². The first kappa shape index (κ1) is 25.1. The number of benzene rings is 1. The van der Waals surface area contributed by atoms with Crippen molar-refractivity contribution in [3.05, 3.63) is 53.9 Å². The van der Waals surface area contributed by atoms with E-state index in [9.17, 15) is 13.9 Å². The molecule has 0 saturated carbocycles. The molecule has 37 heavy (non-hydrogen) atoms. The topological polar surface area (TPSA) is 106 Å². The number of hydrogen-bond donors (Lipinski definition) is 3. The van der Waals surface area contributed by atoms with Crippen LogP contribution >= 0.6 is 0 Å². The van der Waals surface area contributed by atoms with Gasteiger partial charge in [0.05, 0.1) is 17.4 Å². The number of nitrogens with zero attached hydrogens (tertiary/aromatic N) is 6. The summed E-state index contributed by atoms with van der Waals surface area (Å²) in [5.41, 5.74) is 1.77. The molecule has 0 radical (unpaired) electrons. The summed E-state index contributed by atoms with van der Waals surface area (Å²) in [7, 11) is 1.71. The van der Waals surface area contributed by atoms with Crippen molar-refractivity contribution in [3.8, 4) is 22.6 Å². The first-order chi connectivity index (χ1) is 17.7. The van der Waals surface area contributed by atoms with E-state index in [0.29, 0.717) is 35.4 Å². The van der Waals surface area contributed by atoms with E-state index in [-0.39, 0.29) is 11.4 Å². The Bertz CT molecular complexity index is 1370. The summed E-state index contributed by atoms with van der Waals surface area (Å²) in [4.78, 5) is 17.7. The molecule has 4 heterocycles. The average molecular weight is 509 g/mol. The number of rotatable bonds is 7. The molecule has 3 N–H and O–H groups in total. The molecular formula is C26H30F2N8O. The molecule has 0 unspecified atom stereocenters. The molecule has 1 aliphatic rings. The number of halogens is 2. The van der Waals surface area contributed by atoms with Crippen LogP contribution in [0.5, 0.6) is 0 Å². The smallest absolute Gasteiger partial charge is 0.165 e. The fourth-order valence-corrected chi connectivity index (χ4v) is 4.68. The molecule has 0 spiro atoms. The van der Waals surface area contributed by atoms with Gasteiger partial charge in [-0.05, 0) is 50.7 Å². The summed E-state index contributed by atoms with van der Waals surface area (Å²) in [6, 6.07) is 6.41. The SMILES string of the molecule is CNCc1cc(F)c(-c2ncc3[nH]nc(-c4ccc(N5CCN(CC(C)(C)O)CC5)nc4)c3n2)c(F)c1. The molecule has 1 aromatic carbocycles. The number of aromatic amines is 1. The lowest BCUT2D eigenvalue weighted by Crippen LogP contribution is -2.50. The van der Waals surface area contributed by atoms with Gasteiger partial charge < -0.3 is 15.3 Å². The molecule has 11 heteroatoms. The van der Waals surface area contributed by atoms with E-state index in [1.54, 1.807) is 13.2 Å². The second kappa shape index (κ2) is 10.1. The number of β-amino-alcohol motifs (C(OH)–C–C–N with tert-alkyl or cyclic N) is 1. The van der Waals surface area contributed by atoms with E-state index >= 15 is 0 Å². The Kier molecular flexibility index (Phi) is 6.84. The Morgan fingerprint density at radius 2 is 1.78 bits per heavy atom. The minimum Gasteiger partial charge on any atom is -0.389 e. The van der Waals surface area contributed by atoms with Crippen LogP contribution in [0.25, 0.3) is 33.7 Å². The van der Waals surface area contributed by atoms with Crippen molar-refractivity contribution in [2.45, 2.75) is 26.0 Å². The van der Waals surface area contributed by atoms with Crippen LogP contribution in [0.2, 0.25) is 0 Å². The Labute approximate surface area is 213 Å². The molecule has 0 amide bonds. The van der Waals surface area contributed by atoms with Gasteiger partial charge in [0.15, 0.2) is 5.82 Å². The predicted molar refractivity (Wildman–Crippen MR) is 138 cm³/mol. The van der Waals surface area contributed by atoms with Gasteiger partial charge in [-0.3, -0.25) is 10.00 Å². The van der Waals surface area contributed by atoms with Gasteiger partial charge in [-0.2, -0.15) is 5.10 Å². The maximum Gasteiger partial charge on any atom is 0.165 e. The molecule has 0 aliphatic carbocycles. The van der Waals surface area contributed by atoms with Gasteiger partial charge in [-0.25, -0.2) is 23.7 Å². The van der Waals surface area contributed by atoms with Crippen molar-refractivity contribution in [1.82, 2.24) is 35.4 Å². The number of anilines is 1. The first-order valence-corrected chi connectivity index (χ1v) is 12.2. The Balaban J connectivity index is 1.38. The van der Waals surface area contributed by atoms with Crippen molar-refractivity contribution in [1.29, 1.82) is 0 Å². The molecule has 5 rings (SSSR count). The van der Waals surface area contributed by atoms with Crippen molar-refractivity contribution in [2.24, 2.45) is 0 Å². The van der Waals surface area contributed by atoms with Gasteiger partial charge in [0.1, 0.15) is 34.2 Å². The molecule has 3 aromatic heterocycles. The van der Waals surface area contributed by atoms with Gasteiger partial charge in [-0.1, -0.05) is 0 Å². The van der Waals surface area contributed by atoms with E-state index in [0.717, 1.165) is 37.6 Å². The molecule has 1 aliphatic heterocycles. The highest BCUT2D eigenvalue weighted by molar-refractivity contribution is 5.90. The molecule has 9 nitrogen and oxygen atoms in total. The lowest BCUT2D eigenvalue weighted by molar-refractivity contribution is 0.0344. The van der Waals surface area contributed by atoms with Gasteiger partial charge in [0, 0.05) is 51.0 Å². The molecule has 0 bridgehead atoms. The molecule has 0 atom stereocenters. The Hall–Kier alpha value is -3.54. The Morgan fingerprint density at radius 3 is 2.41 bits per heavy atom. The van der Waals surface area contributed by atoms with Crippen molar-refractivity contribution in [2.75, 3.05) is 44.7 Å². The van der Waals surface area contributed by atoms with E-state index in [1.165, 1.54) is 18.3 Å². The van der Waals surface area contributed by atoms with Gasteiger partial charge in [-0.15, -0.1) is 0 Å². The number of piperazine rings is 1.